The minimum absolute atomic E-state index is 0.0338. The number of hydrogen-bond acceptors (Lipinski definition) is 23. The zero-order valence-corrected chi connectivity index (χ0v) is 64.2. The van der Waals surface area contributed by atoms with Gasteiger partial charge >= 0.3 is 25.7 Å². The van der Waals surface area contributed by atoms with Crippen molar-refractivity contribution in [2.45, 2.75) is 440 Å². The number of unbranched alkanes of at least 4 members (excludes halogenated alkanes) is 39. The lowest BCUT2D eigenvalue weighted by Crippen LogP contribution is -2.69. The van der Waals surface area contributed by atoms with Gasteiger partial charge in [-0.05, 0) is 25.2 Å². The zero-order chi connectivity index (χ0) is 74.8. The van der Waals surface area contributed by atoms with Gasteiger partial charge in [-0.3, -0.25) is 23.4 Å². The first-order chi connectivity index (χ1) is 49.2. The predicted molar refractivity (Wildman–Crippen MR) is 388 cm³/mol. The summed E-state index contributed by atoms with van der Waals surface area (Å²) < 4.78 is 65.3. The van der Waals surface area contributed by atoms with Crippen LogP contribution in [0.3, 0.4) is 0 Å². The van der Waals surface area contributed by atoms with Gasteiger partial charge in [0.15, 0.2) is 18.7 Å². The molecule has 25 heteroatoms. The van der Waals surface area contributed by atoms with Crippen LogP contribution in [0.4, 0.5) is 0 Å². The Morgan fingerprint density at radius 3 is 1.06 bits per heavy atom. The molecule has 3 fully saturated rings. The number of aliphatic hydroxyl groups excluding tert-OH is 10. The van der Waals surface area contributed by atoms with Crippen LogP contribution >= 0.6 is 7.82 Å². The van der Waals surface area contributed by atoms with Crippen molar-refractivity contribution in [3.8, 4) is 0 Å². The summed E-state index contributed by atoms with van der Waals surface area (Å²) in [5.41, 5.74) is 0. The lowest BCUT2D eigenvalue weighted by Gasteiger charge is -2.49. The molecule has 0 spiro atoms. The van der Waals surface area contributed by atoms with Crippen molar-refractivity contribution in [3.63, 3.8) is 0 Å². The summed E-state index contributed by atoms with van der Waals surface area (Å²) in [5, 5.41) is 110. The molecule has 3 aliphatic rings. The van der Waals surface area contributed by atoms with Crippen LogP contribution in [0.1, 0.15) is 336 Å². The third-order valence-corrected chi connectivity index (χ3v) is 21.5. The number of esters is 3. The van der Waals surface area contributed by atoms with E-state index in [0.717, 1.165) is 89.9 Å². The summed E-state index contributed by atoms with van der Waals surface area (Å²) in [7, 11) is -5.70. The van der Waals surface area contributed by atoms with E-state index < -0.39 is 156 Å². The summed E-state index contributed by atoms with van der Waals surface area (Å²) in [6.45, 7) is 5.82. The van der Waals surface area contributed by atoms with Crippen LogP contribution in [-0.4, -0.2) is 204 Å². The van der Waals surface area contributed by atoms with E-state index >= 15 is 0 Å². The Balaban J connectivity index is 1.71. The maximum absolute atomic E-state index is 14.4. The second-order valence-corrected chi connectivity index (χ2v) is 31.2. The van der Waals surface area contributed by atoms with Crippen molar-refractivity contribution in [2.75, 3.05) is 26.4 Å². The van der Waals surface area contributed by atoms with Gasteiger partial charge < -0.3 is 89.1 Å². The van der Waals surface area contributed by atoms with Crippen LogP contribution in [0.25, 0.3) is 0 Å². The SMILES string of the molecule is CCCCCCCCCCCCCCCCCCC(=O)OCC1OC(OC2C(O)C(O)C(O)C(OC3OC(CO)C(O)C(O)C3O)C2OP(=O)(O)OCC(COC(=O)CCCCCCCCCCCCCCCCC)OC(=O)CCCCCCCCC(C)CCCCCCCC)C(O)C(O)C1O. The first-order valence-corrected chi connectivity index (χ1v) is 42.2. The predicted octanol–water partition coefficient (Wildman–Crippen LogP) is 12.4. The maximum Gasteiger partial charge on any atom is 0.472 e. The minimum Gasteiger partial charge on any atom is -0.463 e. The average Bonchev–Trinajstić information content (AvgIpc) is 0.762. The van der Waals surface area contributed by atoms with Crippen molar-refractivity contribution < 1.29 is 117 Å². The van der Waals surface area contributed by atoms with E-state index in [1.54, 1.807) is 0 Å². The number of phosphoric acid groups is 1. The molecule has 0 aromatic heterocycles. The summed E-state index contributed by atoms with van der Waals surface area (Å²) in [6, 6.07) is 0. The Bertz CT molecular complexity index is 2120. The summed E-state index contributed by atoms with van der Waals surface area (Å²) in [6.07, 6.45) is 15.7. The van der Waals surface area contributed by atoms with E-state index in [-0.39, 0.29) is 19.3 Å². The Kier molecular flexibility index (Phi) is 53.5. The number of rotatable bonds is 64. The number of phosphoric ester groups is 1. The molecular formula is C77H145O24P. The second kappa shape index (κ2) is 58.0. The molecule has 19 atom stereocenters. The third kappa shape index (κ3) is 40.4. The second-order valence-electron chi connectivity index (χ2n) is 29.8. The summed E-state index contributed by atoms with van der Waals surface area (Å²) >= 11 is 0. The Labute approximate surface area is 612 Å². The van der Waals surface area contributed by atoms with E-state index in [4.69, 9.17) is 42.2 Å². The van der Waals surface area contributed by atoms with Crippen LogP contribution < -0.4 is 0 Å². The standard InChI is InChI=1S/C77H145O24P/c1-5-8-11-14-17-19-21-23-25-27-29-31-33-35-41-46-51-62(80)94-56-60-65(83)67(85)72(90)77(98-60)100-74-70(88)68(86)69(87)73(99-76-71(89)66(84)64(82)59(53-78)97-76)75(74)101-102(91,92)95-55-58(54-93-61(79)50-45-40-34-32-30-28-26-24-22-20-18-15-12-9-6-2)96-63(81)52-47-42-37-36-39-44-49-57(4)48-43-38-16-13-10-7-3/h57-60,64-78,82-90H,5-56H2,1-4H3,(H,91,92). The molecule has 11 N–H and O–H groups in total. The smallest absolute Gasteiger partial charge is 0.463 e. The van der Waals surface area contributed by atoms with Crippen LogP contribution in [0.5, 0.6) is 0 Å². The number of hydrogen-bond donors (Lipinski definition) is 11. The average molecular weight is 1490 g/mol. The molecule has 0 radical (unpaired) electrons. The highest BCUT2D eigenvalue weighted by atomic mass is 31.2. The highest BCUT2D eigenvalue weighted by Crippen LogP contribution is 2.49. The maximum atomic E-state index is 14.4. The molecule has 0 bridgehead atoms. The molecule has 2 saturated heterocycles. The van der Waals surface area contributed by atoms with Gasteiger partial charge in [0.2, 0.25) is 0 Å². The highest BCUT2D eigenvalue weighted by Gasteiger charge is 2.58. The summed E-state index contributed by atoms with van der Waals surface area (Å²) in [5.74, 6) is -1.29. The molecule has 1 aliphatic carbocycles. The largest absolute Gasteiger partial charge is 0.472 e. The first-order valence-electron chi connectivity index (χ1n) is 40.7. The lowest BCUT2D eigenvalue weighted by atomic mass is 9.84. The van der Waals surface area contributed by atoms with Crippen molar-refractivity contribution in [2.24, 2.45) is 5.92 Å². The normalized spacial score (nSPS) is 27.3. The van der Waals surface area contributed by atoms with Gasteiger partial charge in [0, 0.05) is 19.3 Å². The van der Waals surface area contributed by atoms with Gasteiger partial charge in [0.1, 0.15) is 98.7 Å². The van der Waals surface area contributed by atoms with Gasteiger partial charge in [-0.15, -0.1) is 0 Å². The minimum atomic E-state index is -5.70. The molecule has 3 rings (SSSR count). The van der Waals surface area contributed by atoms with Gasteiger partial charge in [-0.25, -0.2) is 4.57 Å². The van der Waals surface area contributed by atoms with Crippen molar-refractivity contribution in [3.05, 3.63) is 0 Å². The Morgan fingerprint density at radius 1 is 0.373 bits per heavy atom. The molecule has 19 unspecified atom stereocenters. The third-order valence-electron chi connectivity index (χ3n) is 20.5. The zero-order valence-electron chi connectivity index (χ0n) is 63.3. The fraction of sp³-hybridized carbons (Fsp3) is 0.961. The molecule has 102 heavy (non-hydrogen) atoms. The lowest BCUT2D eigenvalue weighted by molar-refractivity contribution is -0.360. The van der Waals surface area contributed by atoms with Gasteiger partial charge in [0.25, 0.3) is 0 Å². The van der Waals surface area contributed by atoms with Crippen LogP contribution in [0, 0.1) is 5.92 Å². The van der Waals surface area contributed by atoms with Crippen LogP contribution in [0.15, 0.2) is 0 Å². The number of aliphatic hydroxyl groups is 10. The molecule has 0 amide bonds. The molecule has 0 aromatic carbocycles. The topological polar surface area (TPSA) is 374 Å². The van der Waals surface area contributed by atoms with E-state index in [0.29, 0.717) is 25.2 Å². The van der Waals surface area contributed by atoms with E-state index in [9.17, 15) is 74.9 Å². The van der Waals surface area contributed by atoms with Gasteiger partial charge in [-0.1, -0.05) is 297 Å². The molecule has 1 saturated carbocycles. The van der Waals surface area contributed by atoms with E-state index in [1.165, 1.54) is 180 Å². The van der Waals surface area contributed by atoms with Gasteiger partial charge in [-0.2, -0.15) is 0 Å². The monoisotopic (exact) mass is 1480 g/mol. The van der Waals surface area contributed by atoms with E-state index in [2.05, 4.69) is 27.7 Å². The fourth-order valence-electron chi connectivity index (χ4n) is 13.8. The number of carbonyl (C=O) groups excluding carboxylic acids is 3. The quantitative estimate of drug-likeness (QED) is 0.0117. The highest BCUT2D eigenvalue weighted by molar-refractivity contribution is 7.47. The van der Waals surface area contributed by atoms with Crippen molar-refractivity contribution in [1.29, 1.82) is 0 Å². The molecule has 24 nitrogen and oxygen atoms in total. The van der Waals surface area contributed by atoms with Crippen LogP contribution in [-0.2, 0) is 61.2 Å². The molecule has 602 valence electrons. The Hall–Kier alpha value is -2.04. The van der Waals surface area contributed by atoms with Crippen LogP contribution in [0.2, 0.25) is 0 Å². The first kappa shape index (κ1) is 94.2. The number of carbonyl (C=O) groups is 3. The Morgan fingerprint density at radius 2 is 0.686 bits per heavy atom. The van der Waals surface area contributed by atoms with Crippen molar-refractivity contribution >= 4 is 25.7 Å². The molecule has 0 aromatic rings. The molecule has 2 aliphatic heterocycles. The van der Waals surface area contributed by atoms with Gasteiger partial charge in [0.05, 0.1) is 13.2 Å². The fourth-order valence-corrected chi connectivity index (χ4v) is 14.8. The van der Waals surface area contributed by atoms with E-state index in [1.807, 2.05) is 0 Å². The molecular weight excluding hydrogens is 1340 g/mol. The van der Waals surface area contributed by atoms with Crippen molar-refractivity contribution in [1.82, 2.24) is 0 Å². The number of ether oxygens (including phenoxy) is 7. The molecule has 2 heterocycles. The summed E-state index contributed by atoms with van der Waals surface area (Å²) in [4.78, 5) is 51.2.